The molecular formula is C16H28N4O. The van der Waals surface area contributed by atoms with Gasteiger partial charge in [0.1, 0.15) is 5.75 Å². The first kappa shape index (κ1) is 17.3. The van der Waals surface area contributed by atoms with E-state index in [1.165, 1.54) is 0 Å². The second kappa shape index (κ2) is 10.0. The van der Waals surface area contributed by atoms with Crippen LogP contribution in [0, 0.1) is 0 Å². The van der Waals surface area contributed by atoms with Crippen molar-refractivity contribution in [2.24, 2.45) is 10.7 Å². The highest BCUT2D eigenvalue weighted by Gasteiger charge is 1.99. The fourth-order valence-electron chi connectivity index (χ4n) is 2.07. The van der Waals surface area contributed by atoms with Gasteiger partial charge in [0.05, 0.1) is 7.11 Å². The Labute approximate surface area is 128 Å². The van der Waals surface area contributed by atoms with E-state index in [9.17, 15) is 0 Å². The van der Waals surface area contributed by atoms with Crippen LogP contribution in [0.2, 0.25) is 0 Å². The molecule has 0 aromatic heterocycles. The second-order valence-corrected chi connectivity index (χ2v) is 4.86. The number of aliphatic imine (C=N–C) groups is 1. The molecule has 0 aliphatic carbocycles. The van der Waals surface area contributed by atoms with Gasteiger partial charge in [0.2, 0.25) is 0 Å². The molecule has 0 saturated heterocycles. The average molecular weight is 292 g/mol. The average Bonchev–Trinajstić information content (AvgIpc) is 2.51. The molecule has 0 bridgehead atoms. The molecule has 118 valence electrons. The summed E-state index contributed by atoms with van der Waals surface area (Å²) in [5, 5.41) is 3.08. The minimum Gasteiger partial charge on any atom is -0.497 e. The number of nitrogens with zero attached hydrogens (tertiary/aromatic N) is 2. The summed E-state index contributed by atoms with van der Waals surface area (Å²) >= 11 is 0. The monoisotopic (exact) mass is 292 g/mol. The predicted molar refractivity (Wildman–Crippen MR) is 90.1 cm³/mol. The molecule has 0 saturated carbocycles. The quantitative estimate of drug-likeness (QED) is 0.417. The minimum atomic E-state index is 0.450. The van der Waals surface area contributed by atoms with E-state index < -0.39 is 0 Å². The summed E-state index contributed by atoms with van der Waals surface area (Å²) in [6.45, 7) is 8.49. The molecule has 0 aliphatic heterocycles. The van der Waals surface area contributed by atoms with Gasteiger partial charge in [-0.2, -0.15) is 0 Å². The van der Waals surface area contributed by atoms with Crippen LogP contribution in [0.1, 0.15) is 26.7 Å². The zero-order valence-electron chi connectivity index (χ0n) is 13.4. The van der Waals surface area contributed by atoms with Crippen molar-refractivity contribution in [1.82, 2.24) is 4.90 Å². The highest BCUT2D eigenvalue weighted by molar-refractivity contribution is 5.92. The maximum Gasteiger partial charge on any atom is 0.193 e. The van der Waals surface area contributed by atoms with Crippen LogP contribution >= 0.6 is 0 Å². The molecule has 0 aliphatic rings. The number of benzene rings is 1. The van der Waals surface area contributed by atoms with Gasteiger partial charge in [0.25, 0.3) is 0 Å². The molecule has 0 spiro atoms. The maximum atomic E-state index is 5.88. The van der Waals surface area contributed by atoms with E-state index in [0.717, 1.165) is 50.5 Å². The number of hydrogen-bond acceptors (Lipinski definition) is 3. The third kappa shape index (κ3) is 6.99. The second-order valence-electron chi connectivity index (χ2n) is 4.86. The molecular weight excluding hydrogens is 264 g/mol. The lowest BCUT2D eigenvalue weighted by Gasteiger charge is -2.17. The Morgan fingerprint density at radius 2 is 2.05 bits per heavy atom. The zero-order chi connectivity index (χ0) is 15.5. The lowest BCUT2D eigenvalue weighted by molar-refractivity contribution is 0.298. The minimum absolute atomic E-state index is 0.450. The number of methoxy groups -OCH3 is 1. The number of rotatable bonds is 9. The van der Waals surface area contributed by atoms with Crippen LogP contribution in [-0.4, -0.2) is 44.1 Å². The van der Waals surface area contributed by atoms with Gasteiger partial charge in [-0.3, -0.25) is 4.99 Å². The normalized spacial score (nSPS) is 11.7. The molecule has 0 amide bonds. The molecule has 5 heteroatoms. The summed E-state index contributed by atoms with van der Waals surface area (Å²) in [6.07, 6.45) is 2.20. The van der Waals surface area contributed by atoms with E-state index in [1.807, 2.05) is 24.3 Å². The van der Waals surface area contributed by atoms with E-state index in [4.69, 9.17) is 10.5 Å². The molecule has 0 radical (unpaired) electrons. The van der Waals surface area contributed by atoms with Gasteiger partial charge in [0.15, 0.2) is 5.96 Å². The van der Waals surface area contributed by atoms with E-state index in [2.05, 4.69) is 29.1 Å². The molecule has 0 atom stereocenters. The molecule has 3 N–H and O–H groups in total. The molecule has 0 fully saturated rings. The van der Waals surface area contributed by atoms with E-state index in [-0.39, 0.29) is 0 Å². The Bertz CT molecular complexity index is 430. The first-order valence-corrected chi connectivity index (χ1v) is 7.63. The fourth-order valence-corrected chi connectivity index (χ4v) is 2.07. The van der Waals surface area contributed by atoms with Crippen molar-refractivity contribution in [2.75, 3.05) is 38.6 Å². The summed E-state index contributed by atoms with van der Waals surface area (Å²) in [7, 11) is 1.65. The van der Waals surface area contributed by atoms with Crippen molar-refractivity contribution in [3.63, 3.8) is 0 Å². The zero-order valence-corrected chi connectivity index (χ0v) is 13.4. The molecule has 5 nitrogen and oxygen atoms in total. The molecule has 21 heavy (non-hydrogen) atoms. The number of hydrogen-bond donors (Lipinski definition) is 2. The smallest absolute Gasteiger partial charge is 0.193 e. The summed E-state index contributed by atoms with van der Waals surface area (Å²) in [5.41, 5.74) is 6.77. The van der Waals surface area contributed by atoms with E-state index >= 15 is 0 Å². The van der Waals surface area contributed by atoms with Crippen molar-refractivity contribution in [2.45, 2.75) is 26.7 Å². The van der Waals surface area contributed by atoms with Gasteiger partial charge in [-0.15, -0.1) is 0 Å². The Hall–Kier alpha value is -1.75. The van der Waals surface area contributed by atoms with Crippen LogP contribution in [0.4, 0.5) is 5.69 Å². The van der Waals surface area contributed by atoms with Gasteiger partial charge in [-0.25, -0.2) is 0 Å². The van der Waals surface area contributed by atoms with Gasteiger partial charge in [0, 0.05) is 18.3 Å². The number of unbranched alkanes of at least 4 members (excludes halogenated alkanes) is 1. The number of anilines is 1. The Morgan fingerprint density at radius 3 is 2.71 bits per heavy atom. The van der Waals surface area contributed by atoms with Gasteiger partial charge >= 0.3 is 0 Å². The summed E-state index contributed by atoms with van der Waals surface area (Å²) in [6, 6.07) is 7.64. The van der Waals surface area contributed by atoms with Crippen LogP contribution in [0.15, 0.2) is 29.3 Å². The number of ether oxygens (including phenoxy) is 1. The van der Waals surface area contributed by atoms with Crippen LogP contribution in [0.25, 0.3) is 0 Å². The first-order chi connectivity index (χ1) is 10.2. The molecule has 1 aromatic rings. The van der Waals surface area contributed by atoms with Crippen LogP contribution < -0.4 is 15.8 Å². The van der Waals surface area contributed by atoms with E-state index in [1.54, 1.807) is 7.11 Å². The number of nitrogens with one attached hydrogen (secondary N) is 1. The third-order valence-corrected chi connectivity index (χ3v) is 3.40. The summed E-state index contributed by atoms with van der Waals surface area (Å²) in [5.74, 6) is 1.25. The Balaban J connectivity index is 2.29. The SMILES string of the molecule is CCN(CC)CCCCN=C(N)Nc1cccc(OC)c1. The van der Waals surface area contributed by atoms with Crippen molar-refractivity contribution in [3.8, 4) is 5.75 Å². The van der Waals surface area contributed by atoms with Crippen molar-refractivity contribution in [3.05, 3.63) is 24.3 Å². The molecule has 0 unspecified atom stereocenters. The van der Waals surface area contributed by atoms with Gasteiger partial charge in [-0.1, -0.05) is 19.9 Å². The van der Waals surface area contributed by atoms with Crippen molar-refractivity contribution in [1.29, 1.82) is 0 Å². The molecule has 0 heterocycles. The largest absolute Gasteiger partial charge is 0.497 e. The predicted octanol–water partition coefficient (Wildman–Crippen LogP) is 2.54. The third-order valence-electron chi connectivity index (χ3n) is 3.40. The Morgan fingerprint density at radius 1 is 1.29 bits per heavy atom. The van der Waals surface area contributed by atoms with Crippen molar-refractivity contribution < 1.29 is 4.74 Å². The van der Waals surface area contributed by atoms with E-state index in [0.29, 0.717) is 5.96 Å². The maximum absolute atomic E-state index is 5.88. The Kier molecular flexibility index (Phi) is 8.28. The molecule has 1 rings (SSSR count). The highest BCUT2D eigenvalue weighted by atomic mass is 16.5. The number of guanidine groups is 1. The lowest BCUT2D eigenvalue weighted by atomic mass is 10.3. The standard InChI is InChI=1S/C16H28N4O/c1-4-20(5-2)12-7-6-11-18-16(17)19-14-9-8-10-15(13-14)21-3/h8-10,13H,4-7,11-12H2,1-3H3,(H3,17,18,19). The highest BCUT2D eigenvalue weighted by Crippen LogP contribution is 2.16. The summed E-state index contributed by atoms with van der Waals surface area (Å²) in [4.78, 5) is 6.77. The van der Waals surface area contributed by atoms with Crippen LogP contribution in [0.5, 0.6) is 5.75 Å². The molecule has 1 aromatic carbocycles. The van der Waals surface area contributed by atoms with Crippen molar-refractivity contribution >= 4 is 11.6 Å². The fraction of sp³-hybridized carbons (Fsp3) is 0.562. The first-order valence-electron chi connectivity index (χ1n) is 7.63. The lowest BCUT2D eigenvalue weighted by Crippen LogP contribution is -2.24. The van der Waals surface area contributed by atoms with Crippen LogP contribution in [-0.2, 0) is 0 Å². The van der Waals surface area contributed by atoms with Crippen LogP contribution in [0.3, 0.4) is 0 Å². The topological polar surface area (TPSA) is 62.9 Å². The van der Waals surface area contributed by atoms with Gasteiger partial charge < -0.3 is 20.7 Å². The number of nitrogens with two attached hydrogens (primary N) is 1. The summed E-state index contributed by atoms with van der Waals surface area (Å²) < 4.78 is 5.17. The van der Waals surface area contributed by atoms with Gasteiger partial charge in [-0.05, 0) is 44.6 Å².